The highest BCUT2D eigenvalue weighted by atomic mass is 16.5. The molecule has 3 heteroatoms. The summed E-state index contributed by atoms with van der Waals surface area (Å²) in [7, 11) is 0. The van der Waals surface area contributed by atoms with Crippen molar-refractivity contribution >= 4 is 5.97 Å². The van der Waals surface area contributed by atoms with Crippen molar-refractivity contribution in [3.8, 4) is 0 Å². The van der Waals surface area contributed by atoms with Crippen LogP contribution in [0.2, 0.25) is 0 Å². The third-order valence-corrected chi connectivity index (χ3v) is 6.88. The molecular formula is C14H19NO2. The van der Waals surface area contributed by atoms with Gasteiger partial charge in [-0.25, -0.2) is 0 Å². The number of carbonyl (C=O) groups is 1. The zero-order chi connectivity index (χ0) is 11.3. The molecule has 0 aromatic carbocycles. The standard InChI is InChI=1S/C14H19NO2/c15-10-2-5-1-7(10)12-8-3-6(11(5)12)9-4-17-14(16)13(8)9/h5-13H,1-4,15H2. The Kier molecular flexibility index (Phi) is 1.49. The molecule has 0 radical (unpaired) electrons. The summed E-state index contributed by atoms with van der Waals surface area (Å²) in [5, 5.41) is 0. The maximum Gasteiger partial charge on any atom is 0.309 e. The summed E-state index contributed by atoms with van der Waals surface area (Å²) in [6.07, 6.45) is 3.92. The first-order valence-corrected chi connectivity index (χ1v) is 7.18. The highest BCUT2D eigenvalue weighted by Crippen LogP contribution is 2.71. The average molecular weight is 233 g/mol. The van der Waals surface area contributed by atoms with E-state index in [0.717, 1.165) is 36.2 Å². The highest BCUT2D eigenvalue weighted by molar-refractivity contribution is 5.76. The van der Waals surface area contributed by atoms with Crippen LogP contribution in [0, 0.1) is 47.3 Å². The highest BCUT2D eigenvalue weighted by Gasteiger charge is 2.69. The van der Waals surface area contributed by atoms with Crippen LogP contribution in [-0.2, 0) is 9.53 Å². The second-order valence-corrected chi connectivity index (χ2v) is 7.10. The van der Waals surface area contributed by atoms with Crippen molar-refractivity contribution in [3.05, 3.63) is 0 Å². The van der Waals surface area contributed by atoms with E-state index in [1.54, 1.807) is 0 Å². The van der Waals surface area contributed by atoms with Gasteiger partial charge in [-0.15, -0.1) is 0 Å². The molecule has 1 saturated heterocycles. The molecule has 1 aliphatic heterocycles. The van der Waals surface area contributed by atoms with Crippen LogP contribution in [0.25, 0.3) is 0 Å². The van der Waals surface area contributed by atoms with E-state index >= 15 is 0 Å². The molecule has 92 valence electrons. The van der Waals surface area contributed by atoms with Gasteiger partial charge in [0.25, 0.3) is 0 Å². The average Bonchev–Trinajstić information content (AvgIpc) is 2.99. The zero-order valence-electron chi connectivity index (χ0n) is 9.92. The molecule has 0 spiro atoms. The maximum absolute atomic E-state index is 11.9. The van der Waals surface area contributed by atoms with Gasteiger partial charge in [-0.2, -0.15) is 0 Å². The van der Waals surface area contributed by atoms with E-state index in [0.29, 0.717) is 17.9 Å². The lowest BCUT2D eigenvalue weighted by molar-refractivity contribution is -0.143. The van der Waals surface area contributed by atoms with Crippen molar-refractivity contribution in [2.45, 2.75) is 25.3 Å². The molecule has 5 rings (SSSR count). The van der Waals surface area contributed by atoms with Crippen molar-refractivity contribution in [2.75, 3.05) is 6.61 Å². The van der Waals surface area contributed by atoms with Crippen molar-refractivity contribution in [1.29, 1.82) is 0 Å². The van der Waals surface area contributed by atoms with Gasteiger partial charge < -0.3 is 10.5 Å². The Bertz CT molecular complexity index is 409. The number of hydrogen-bond donors (Lipinski definition) is 1. The van der Waals surface area contributed by atoms with E-state index < -0.39 is 0 Å². The van der Waals surface area contributed by atoms with E-state index in [1.165, 1.54) is 19.3 Å². The van der Waals surface area contributed by atoms with Gasteiger partial charge in [0.15, 0.2) is 0 Å². The summed E-state index contributed by atoms with van der Waals surface area (Å²) in [4.78, 5) is 11.9. The van der Waals surface area contributed by atoms with Crippen molar-refractivity contribution in [2.24, 2.45) is 53.1 Å². The fraction of sp³-hybridized carbons (Fsp3) is 0.929. The van der Waals surface area contributed by atoms with Crippen LogP contribution in [0.3, 0.4) is 0 Å². The first-order valence-electron chi connectivity index (χ1n) is 7.18. The van der Waals surface area contributed by atoms with Gasteiger partial charge in [-0.1, -0.05) is 0 Å². The monoisotopic (exact) mass is 233 g/mol. The van der Waals surface area contributed by atoms with Crippen LogP contribution in [0.15, 0.2) is 0 Å². The van der Waals surface area contributed by atoms with E-state index in [4.69, 9.17) is 10.5 Å². The van der Waals surface area contributed by atoms with Gasteiger partial charge in [0, 0.05) is 12.0 Å². The van der Waals surface area contributed by atoms with Gasteiger partial charge in [0.2, 0.25) is 0 Å². The third-order valence-electron chi connectivity index (χ3n) is 6.88. The van der Waals surface area contributed by atoms with Gasteiger partial charge >= 0.3 is 5.97 Å². The van der Waals surface area contributed by atoms with Crippen LogP contribution in [0.4, 0.5) is 0 Å². The minimum absolute atomic E-state index is 0.109. The predicted molar refractivity (Wildman–Crippen MR) is 60.7 cm³/mol. The SMILES string of the molecule is NC1CC2CC1C1C3CC(C4COC(=O)C43)C21. The van der Waals surface area contributed by atoms with E-state index in [2.05, 4.69) is 0 Å². The van der Waals surface area contributed by atoms with E-state index in [9.17, 15) is 4.79 Å². The molecule has 3 nitrogen and oxygen atoms in total. The zero-order valence-corrected chi connectivity index (χ0v) is 9.92. The number of nitrogens with two attached hydrogens (primary N) is 1. The Hall–Kier alpha value is -0.570. The van der Waals surface area contributed by atoms with E-state index in [-0.39, 0.29) is 11.9 Å². The normalized spacial score (nSPS) is 66.2. The lowest BCUT2D eigenvalue weighted by Gasteiger charge is -2.40. The Balaban J connectivity index is 1.58. The fourth-order valence-electron chi connectivity index (χ4n) is 6.65. The summed E-state index contributed by atoms with van der Waals surface area (Å²) in [6, 6.07) is 0.427. The summed E-state index contributed by atoms with van der Waals surface area (Å²) >= 11 is 0. The van der Waals surface area contributed by atoms with Gasteiger partial charge in [0.05, 0.1) is 12.5 Å². The summed E-state index contributed by atoms with van der Waals surface area (Å²) in [5.74, 6) is 5.66. The van der Waals surface area contributed by atoms with Crippen LogP contribution >= 0.6 is 0 Å². The largest absolute Gasteiger partial charge is 0.465 e. The molecule has 0 aromatic rings. The molecule has 4 aliphatic carbocycles. The number of hydrogen-bond acceptors (Lipinski definition) is 3. The Morgan fingerprint density at radius 1 is 1.00 bits per heavy atom. The Labute approximate surface area is 101 Å². The molecule has 9 unspecified atom stereocenters. The summed E-state index contributed by atoms with van der Waals surface area (Å²) in [6.45, 7) is 0.720. The van der Waals surface area contributed by atoms with Gasteiger partial charge in [-0.3, -0.25) is 4.79 Å². The quantitative estimate of drug-likeness (QED) is 0.502. The van der Waals surface area contributed by atoms with Crippen LogP contribution in [0.1, 0.15) is 19.3 Å². The molecule has 0 amide bonds. The molecule has 9 atom stereocenters. The maximum atomic E-state index is 11.9. The number of ether oxygens (including phenoxy) is 1. The lowest BCUT2D eigenvalue weighted by Crippen LogP contribution is -2.44. The molecule has 2 N–H and O–H groups in total. The molecule has 5 fully saturated rings. The van der Waals surface area contributed by atoms with Gasteiger partial charge in [0.1, 0.15) is 0 Å². The Morgan fingerprint density at radius 2 is 1.88 bits per heavy atom. The smallest absolute Gasteiger partial charge is 0.309 e. The number of cyclic esters (lactones) is 1. The van der Waals surface area contributed by atoms with Gasteiger partial charge in [-0.05, 0) is 54.8 Å². The second-order valence-electron chi connectivity index (χ2n) is 7.10. The third kappa shape index (κ3) is 0.874. The fourth-order valence-corrected chi connectivity index (χ4v) is 6.65. The molecule has 1 heterocycles. The summed E-state index contributed by atoms with van der Waals surface area (Å²) in [5.41, 5.74) is 6.26. The molecule has 4 saturated carbocycles. The molecule has 17 heavy (non-hydrogen) atoms. The number of fused-ring (bicyclic) bond motifs is 12. The number of rotatable bonds is 0. The van der Waals surface area contributed by atoms with Crippen molar-refractivity contribution in [1.82, 2.24) is 0 Å². The predicted octanol–water partition coefficient (Wildman–Crippen LogP) is 1.02. The number of esters is 1. The van der Waals surface area contributed by atoms with Crippen LogP contribution in [-0.4, -0.2) is 18.6 Å². The van der Waals surface area contributed by atoms with Crippen molar-refractivity contribution in [3.63, 3.8) is 0 Å². The first kappa shape index (κ1) is 9.37. The van der Waals surface area contributed by atoms with E-state index in [1.807, 2.05) is 0 Å². The van der Waals surface area contributed by atoms with Crippen molar-refractivity contribution < 1.29 is 9.53 Å². The van der Waals surface area contributed by atoms with Crippen LogP contribution in [0.5, 0.6) is 0 Å². The second kappa shape index (κ2) is 2.71. The molecule has 4 bridgehead atoms. The molecule has 0 aromatic heterocycles. The number of carbonyl (C=O) groups excluding carboxylic acids is 1. The lowest BCUT2D eigenvalue weighted by atomic mass is 9.63. The molecular weight excluding hydrogens is 214 g/mol. The van der Waals surface area contributed by atoms with Crippen LogP contribution < -0.4 is 5.73 Å². The Morgan fingerprint density at radius 3 is 2.76 bits per heavy atom. The minimum Gasteiger partial charge on any atom is -0.465 e. The first-order chi connectivity index (χ1) is 8.25. The summed E-state index contributed by atoms with van der Waals surface area (Å²) < 4.78 is 5.31. The topological polar surface area (TPSA) is 52.3 Å². The molecule has 5 aliphatic rings. The minimum atomic E-state index is 0.109.